The van der Waals surface area contributed by atoms with Crippen LogP contribution in [0.5, 0.6) is 5.75 Å². The number of nitro benzene ring substituents is 1. The first-order chi connectivity index (χ1) is 11.4. The molecular formula is C16H13ClFNO5. The van der Waals surface area contributed by atoms with Gasteiger partial charge in [0.05, 0.1) is 9.95 Å². The van der Waals surface area contributed by atoms with Crippen molar-refractivity contribution in [2.24, 2.45) is 0 Å². The Kier molecular flexibility index (Phi) is 5.70. The molecule has 2 rings (SSSR count). The Morgan fingerprint density at radius 1 is 1.33 bits per heavy atom. The summed E-state index contributed by atoms with van der Waals surface area (Å²) >= 11 is 5.78. The molecule has 0 spiro atoms. The number of esters is 1. The molecule has 0 unspecified atom stereocenters. The van der Waals surface area contributed by atoms with Crippen molar-refractivity contribution in [1.29, 1.82) is 0 Å². The van der Waals surface area contributed by atoms with E-state index in [0.29, 0.717) is 5.56 Å². The van der Waals surface area contributed by atoms with Crippen LogP contribution in [0.2, 0.25) is 5.02 Å². The quantitative estimate of drug-likeness (QED) is 0.444. The predicted molar refractivity (Wildman–Crippen MR) is 84.5 cm³/mol. The van der Waals surface area contributed by atoms with E-state index in [9.17, 15) is 19.3 Å². The minimum absolute atomic E-state index is 0.0366. The lowest BCUT2D eigenvalue weighted by Gasteiger charge is -2.14. The summed E-state index contributed by atoms with van der Waals surface area (Å²) in [6.45, 7) is 1.16. The number of rotatable bonds is 6. The molecular weight excluding hydrogens is 341 g/mol. The van der Waals surface area contributed by atoms with Crippen molar-refractivity contribution in [1.82, 2.24) is 0 Å². The maximum Gasteiger partial charge on any atom is 0.344 e. The number of hydrogen-bond donors (Lipinski definition) is 0. The van der Waals surface area contributed by atoms with Crippen LogP contribution in [0.3, 0.4) is 0 Å². The highest BCUT2D eigenvalue weighted by atomic mass is 35.5. The van der Waals surface area contributed by atoms with Crippen molar-refractivity contribution < 1.29 is 23.6 Å². The lowest BCUT2D eigenvalue weighted by molar-refractivity contribution is -0.385. The van der Waals surface area contributed by atoms with Gasteiger partial charge >= 0.3 is 5.97 Å². The Morgan fingerprint density at radius 3 is 2.75 bits per heavy atom. The van der Waals surface area contributed by atoms with E-state index in [1.54, 1.807) is 13.0 Å². The summed E-state index contributed by atoms with van der Waals surface area (Å²) in [4.78, 5) is 22.0. The highest BCUT2D eigenvalue weighted by molar-refractivity contribution is 6.32. The zero-order valence-electron chi connectivity index (χ0n) is 12.6. The number of carbonyl (C=O) groups excluding carboxylic acids is 1. The van der Waals surface area contributed by atoms with Gasteiger partial charge in [0.25, 0.3) is 5.69 Å². The molecule has 0 aliphatic rings. The molecule has 0 aliphatic heterocycles. The zero-order valence-corrected chi connectivity index (χ0v) is 13.3. The molecule has 0 fully saturated rings. The third kappa shape index (κ3) is 4.66. The van der Waals surface area contributed by atoms with Crippen LogP contribution < -0.4 is 4.74 Å². The lowest BCUT2D eigenvalue weighted by Crippen LogP contribution is -2.17. The van der Waals surface area contributed by atoms with Gasteiger partial charge in [-0.2, -0.15) is 0 Å². The molecule has 0 N–H and O–H groups in total. The fraction of sp³-hybridized carbons (Fsp3) is 0.188. The van der Waals surface area contributed by atoms with Gasteiger partial charge in [-0.3, -0.25) is 10.1 Å². The maximum absolute atomic E-state index is 12.9. The SMILES string of the molecule is C[C@H](OC(=O)COc1ccc(F)cc1Cl)c1cccc([N+](=O)[O-])c1. The van der Waals surface area contributed by atoms with Gasteiger partial charge in [-0.25, -0.2) is 9.18 Å². The number of benzene rings is 2. The largest absolute Gasteiger partial charge is 0.480 e. The molecule has 2 aromatic rings. The molecule has 2 aromatic carbocycles. The van der Waals surface area contributed by atoms with Gasteiger partial charge in [0.1, 0.15) is 17.7 Å². The third-order valence-electron chi connectivity index (χ3n) is 3.10. The van der Waals surface area contributed by atoms with Gasteiger partial charge in [0.2, 0.25) is 0 Å². The zero-order chi connectivity index (χ0) is 17.7. The van der Waals surface area contributed by atoms with Crippen LogP contribution in [-0.4, -0.2) is 17.5 Å². The Morgan fingerprint density at radius 2 is 2.08 bits per heavy atom. The number of halogens is 2. The summed E-state index contributed by atoms with van der Waals surface area (Å²) in [5, 5.41) is 10.8. The second-order valence-electron chi connectivity index (χ2n) is 4.85. The second kappa shape index (κ2) is 7.74. The third-order valence-corrected chi connectivity index (χ3v) is 3.39. The Balaban J connectivity index is 1.94. The first kappa shape index (κ1) is 17.7. The highest BCUT2D eigenvalue weighted by Gasteiger charge is 2.16. The van der Waals surface area contributed by atoms with Crippen molar-refractivity contribution >= 4 is 23.3 Å². The summed E-state index contributed by atoms with van der Waals surface area (Å²) in [7, 11) is 0. The van der Waals surface area contributed by atoms with Gasteiger partial charge < -0.3 is 9.47 Å². The standard InChI is InChI=1S/C16H13ClFNO5/c1-10(11-3-2-4-13(7-11)19(21)22)24-16(20)9-23-15-6-5-12(18)8-14(15)17/h2-8,10H,9H2,1H3/t10-/m0/s1. The number of nitrogens with zero attached hydrogens (tertiary/aromatic N) is 1. The number of non-ortho nitro benzene ring substituents is 1. The van der Waals surface area contributed by atoms with Crippen molar-refractivity contribution in [3.8, 4) is 5.75 Å². The number of nitro groups is 1. The normalized spacial score (nSPS) is 11.6. The fourth-order valence-electron chi connectivity index (χ4n) is 1.92. The lowest BCUT2D eigenvalue weighted by atomic mass is 10.1. The molecule has 0 saturated heterocycles. The summed E-state index contributed by atoms with van der Waals surface area (Å²) in [6, 6.07) is 9.31. The van der Waals surface area contributed by atoms with E-state index in [1.807, 2.05) is 0 Å². The maximum atomic E-state index is 12.9. The number of hydrogen-bond acceptors (Lipinski definition) is 5. The predicted octanol–water partition coefficient (Wildman–Crippen LogP) is 4.07. The van der Waals surface area contributed by atoms with Crippen LogP contribution in [0.4, 0.5) is 10.1 Å². The molecule has 24 heavy (non-hydrogen) atoms. The minimum atomic E-state index is -0.690. The van der Waals surface area contributed by atoms with Gasteiger partial charge in [-0.15, -0.1) is 0 Å². The van der Waals surface area contributed by atoms with Crippen LogP contribution in [0.25, 0.3) is 0 Å². The summed E-state index contributed by atoms with van der Waals surface area (Å²) < 4.78 is 23.2. The molecule has 0 heterocycles. The Hall–Kier alpha value is -2.67. The first-order valence-electron chi connectivity index (χ1n) is 6.88. The van der Waals surface area contributed by atoms with Gasteiger partial charge in [-0.05, 0) is 30.7 Å². The fourth-order valence-corrected chi connectivity index (χ4v) is 2.14. The molecule has 1 atom stereocenters. The van der Waals surface area contributed by atoms with Crippen molar-refractivity contribution in [2.75, 3.05) is 6.61 Å². The summed E-state index contributed by atoms with van der Waals surface area (Å²) in [5.41, 5.74) is 0.391. The van der Waals surface area contributed by atoms with Gasteiger partial charge in [0.15, 0.2) is 6.61 Å². The average Bonchev–Trinajstić information content (AvgIpc) is 2.54. The van der Waals surface area contributed by atoms with Crippen LogP contribution in [0.15, 0.2) is 42.5 Å². The van der Waals surface area contributed by atoms with Crippen molar-refractivity contribution in [2.45, 2.75) is 13.0 Å². The smallest absolute Gasteiger partial charge is 0.344 e. The molecule has 0 bridgehead atoms. The monoisotopic (exact) mass is 353 g/mol. The number of ether oxygens (including phenoxy) is 2. The van der Waals surface area contributed by atoms with E-state index in [2.05, 4.69) is 0 Å². The minimum Gasteiger partial charge on any atom is -0.480 e. The van der Waals surface area contributed by atoms with Crippen LogP contribution in [-0.2, 0) is 9.53 Å². The highest BCUT2D eigenvalue weighted by Crippen LogP contribution is 2.25. The van der Waals surface area contributed by atoms with E-state index in [1.165, 1.54) is 24.3 Å². The topological polar surface area (TPSA) is 78.7 Å². The van der Waals surface area contributed by atoms with E-state index >= 15 is 0 Å². The molecule has 8 heteroatoms. The summed E-state index contributed by atoms with van der Waals surface area (Å²) in [5.74, 6) is -1.05. The molecule has 126 valence electrons. The molecule has 0 aromatic heterocycles. The van der Waals surface area contributed by atoms with E-state index in [0.717, 1.165) is 12.1 Å². The average molecular weight is 354 g/mol. The van der Waals surface area contributed by atoms with E-state index in [4.69, 9.17) is 21.1 Å². The Bertz CT molecular complexity index is 768. The molecule has 0 radical (unpaired) electrons. The van der Waals surface area contributed by atoms with Gasteiger partial charge in [0, 0.05) is 12.1 Å². The first-order valence-corrected chi connectivity index (χ1v) is 7.26. The molecule has 0 saturated carbocycles. The van der Waals surface area contributed by atoms with Crippen LogP contribution >= 0.6 is 11.6 Å². The van der Waals surface area contributed by atoms with Crippen molar-refractivity contribution in [3.05, 3.63) is 69.0 Å². The Labute approximate surface area is 141 Å². The molecule has 0 amide bonds. The van der Waals surface area contributed by atoms with Crippen molar-refractivity contribution in [3.63, 3.8) is 0 Å². The number of carbonyl (C=O) groups is 1. The molecule has 6 nitrogen and oxygen atoms in total. The molecule has 0 aliphatic carbocycles. The van der Waals surface area contributed by atoms with E-state index in [-0.39, 0.29) is 16.5 Å². The van der Waals surface area contributed by atoms with Gasteiger partial charge in [-0.1, -0.05) is 23.7 Å². The van der Waals surface area contributed by atoms with Crippen LogP contribution in [0, 0.1) is 15.9 Å². The second-order valence-corrected chi connectivity index (χ2v) is 5.25. The summed E-state index contributed by atoms with van der Waals surface area (Å²) in [6.07, 6.45) is -0.690. The van der Waals surface area contributed by atoms with E-state index < -0.39 is 29.4 Å². The van der Waals surface area contributed by atoms with Crippen LogP contribution in [0.1, 0.15) is 18.6 Å².